The van der Waals surface area contributed by atoms with Gasteiger partial charge in [0.2, 0.25) is 11.8 Å². The van der Waals surface area contributed by atoms with Gasteiger partial charge >= 0.3 is 0 Å². The molecule has 4 N–H and O–H groups in total. The van der Waals surface area contributed by atoms with Crippen molar-refractivity contribution >= 4 is 17.7 Å². The first-order chi connectivity index (χ1) is 19.2. The first kappa shape index (κ1) is 34.1. The van der Waals surface area contributed by atoms with E-state index in [9.17, 15) is 18.8 Å². The Labute approximate surface area is 238 Å². The van der Waals surface area contributed by atoms with E-state index in [1.807, 2.05) is 58.1 Å². The molecule has 2 aliphatic carbocycles. The van der Waals surface area contributed by atoms with Crippen molar-refractivity contribution in [2.24, 2.45) is 5.73 Å². The summed E-state index contributed by atoms with van der Waals surface area (Å²) in [5.41, 5.74) is 9.47. The minimum atomic E-state index is -0.290. The van der Waals surface area contributed by atoms with Crippen molar-refractivity contribution in [3.05, 3.63) is 94.8 Å². The molecular formula is C32H45FN4O3. The molecule has 0 atom stereocenters. The maximum atomic E-state index is 12.7. The van der Waals surface area contributed by atoms with Gasteiger partial charge in [-0.2, -0.15) is 0 Å². The lowest BCUT2D eigenvalue weighted by Gasteiger charge is -2.15. The molecule has 1 fully saturated rings. The lowest BCUT2D eigenvalue weighted by atomic mass is 10.1. The molecule has 1 aliphatic heterocycles. The second kappa shape index (κ2) is 19.2. The van der Waals surface area contributed by atoms with Gasteiger partial charge in [-0.05, 0) is 57.4 Å². The van der Waals surface area contributed by atoms with Gasteiger partial charge in [-0.1, -0.05) is 62.8 Å². The molecule has 218 valence electrons. The van der Waals surface area contributed by atoms with Gasteiger partial charge in [0.05, 0.1) is 12.2 Å². The number of allylic oxidation sites excluding steroid dienone is 12. The van der Waals surface area contributed by atoms with E-state index < -0.39 is 0 Å². The van der Waals surface area contributed by atoms with E-state index in [2.05, 4.69) is 10.6 Å². The highest BCUT2D eigenvalue weighted by Gasteiger charge is 2.22. The van der Waals surface area contributed by atoms with E-state index in [1.165, 1.54) is 5.57 Å². The number of halogens is 1. The van der Waals surface area contributed by atoms with Crippen molar-refractivity contribution in [2.75, 3.05) is 13.1 Å². The first-order valence-electron chi connectivity index (χ1n) is 14.0. The Morgan fingerprint density at radius 3 is 2.48 bits per heavy atom. The summed E-state index contributed by atoms with van der Waals surface area (Å²) in [6.07, 6.45) is 21.8. The van der Waals surface area contributed by atoms with Gasteiger partial charge in [0, 0.05) is 42.8 Å². The van der Waals surface area contributed by atoms with Crippen LogP contribution in [0.2, 0.25) is 0 Å². The van der Waals surface area contributed by atoms with Crippen molar-refractivity contribution in [2.45, 2.75) is 73.1 Å². The van der Waals surface area contributed by atoms with Crippen molar-refractivity contribution in [1.82, 2.24) is 15.5 Å². The number of likely N-dealkylation sites (tertiary alicyclic amines) is 1. The second-order valence-electron chi connectivity index (χ2n) is 9.26. The third-order valence-electron chi connectivity index (χ3n) is 5.90. The highest BCUT2D eigenvalue weighted by molar-refractivity contribution is 5.98. The Morgan fingerprint density at radius 1 is 1.12 bits per heavy atom. The van der Waals surface area contributed by atoms with E-state index in [1.54, 1.807) is 42.2 Å². The van der Waals surface area contributed by atoms with E-state index in [0.29, 0.717) is 48.5 Å². The van der Waals surface area contributed by atoms with E-state index >= 15 is 0 Å². The van der Waals surface area contributed by atoms with Crippen LogP contribution in [0.3, 0.4) is 0 Å². The van der Waals surface area contributed by atoms with Crippen LogP contribution in [0.15, 0.2) is 94.8 Å². The topological polar surface area (TPSA) is 105 Å². The standard InChI is InChI=1S/C23H30N4O3.C7H9F.C2H6/c1-3-4-9-18(23(30)26-20-11-7-5-6-10-19(20)24)14-13-17(2)25-21(28)16-27-15-8-12-22(27)29;1-6-2-4-7(8)5-3-6;1-2/h4-7,9,11,13-14H,3,8,10,12,15-16,24H2,1-2H3,(H,25,28)(H,26,30);2,4H,3,5H2,1H3;1-2H3/b9-4-,17-13+,18-14+;;. The van der Waals surface area contributed by atoms with Gasteiger partial charge in [-0.3, -0.25) is 14.4 Å². The molecule has 40 heavy (non-hydrogen) atoms. The molecule has 0 aromatic heterocycles. The van der Waals surface area contributed by atoms with Gasteiger partial charge < -0.3 is 21.3 Å². The molecule has 0 aromatic carbocycles. The Balaban J connectivity index is 0.000000675. The summed E-state index contributed by atoms with van der Waals surface area (Å²) >= 11 is 0. The zero-order chi connectivity index (χ0) is 29.9. The Morgan fingerprint density at radius 2 is 1.88 bits per heavy atom. The van der Waals surface area contributed by atoms with Crippen LogP contribution in [0.4, 0.5) is 4.39 Å². The highest BCUT2D eigenvalue weighted by atomic mass is 19.1. The third kappa shape index (κ3) is 13.2. The molecule has 3 aliphatic rings. The van der Waals surface area contributed by atoms with Crippen molar-refractivity contribution in [3.63, 3.8) is 0 Å². The average Bonchev–Trinajstić information content (AvgIpc) is 3.22. The fraction of sp³-hybridized carbons (Fsp3) is 0.406. The molecule has 0 radical (unpaired) electrons. The number of carbonyl (C=O) groups excluding carboxylic acids is 3. The number of hydrogen-bond acceptors (Lipinski definition) is 4. The fourth-order valence-corrected chi connectivity index (χ4v) is 3.69. The number of hydrogen-bond donors (Lipinski definition) is 3. The molecule has 1 saturated heterocycles. The van der Waals surface area contributed by atoms with Gasteiger partial charge in [0.25, 0.3) is 5.91 Å². The SMILES string of the molecule is CC.CC1=CC=C(F)CC1.CC\C=C/C(=C\C=C(/C)NC(=O)CN1CCCC1=O)C(=O)NC1=C(N)CC=CC=C1. The molecule has 3 rings (SSSR count). The number of rotatable bonds is 8. The lowest BCUT2D eigenvalue weighted by molar-refractivity contribution is -0.132. The van der Waals surface area contributed by atoms with Gasteiger partial charge in [0.1, 0.15) is 5.83 Å². The maximum absolute atomic E-state index is 12.7. The smallest absolute Gasteiger partial charge is 0.255 e. The summed E-state index contributed by atoms with van der Waals surface area (Å²) in [5.74, 6) is -0.527. The van der Waals surface area contributed by atoms with Crippen molar-refractivity contribution < 1.29 is 18.8 Å². The average molecular weight is 553 g/mol. The third-order valence-corrected chi connectivity index (χ3v) is 5.90. The van der Waals surface area contributed by atoms with Crippen molar-refractivity contribution in [1.29, 1.82) is 0 Å². The molecule has 7 nitrogen and oxygen atoms in total. The molecule has 1 heterocycles. The highest BCUT2D eigenvalue weighted by Crippen LogP contribution is 2.17. The van der Waals surface area contributed by atoms with Gasteiger partial charge in [0.15, 0.2) is 0 Å². The summed E-state index contributed by atoms with van der Waals surface area (Å²) < 4.78 is 12.2. The zero-order valence-electron chi connectivity index (χ0n) is 24.6. The fourth-order valence-electron chi connectivity index (χ4n) is 3.69. The predicted molar refractivity (Wildman–Crippen MR) is 161 cm³/mol. The first-order valence-corrected chi connectivity index (χ1v) is 14.0. The van der Waals surface area contributed by atoms with E-state index in [4.69, 9.17) is 5.73 Å². The monoisotopic (exact) mass is 552 g/mol. The Kier molecular flexibility index (Phi) is 16.3. The van der Waals surface area contributed by atoms with Crippen LogP contribution < -0.4 is 16.4 Å². The van der Waals surface area contributed by atoms with E-state index in [-0.39, 0.29) is 30.1 Å². The number of carbonyl (C=O) groups is 3. The molecule has 3 amide bonds. The molecular weight excluding hydrogens is 507 g/mol. The Hall–Kier alpha value is -3.94. The summed E-state index contributed by atoms with van der Waals surface area (Å²) in [4.78, 5) is 38.1. The molecule has 0 aromatic rings. The largest absolute Gasteiger partial charge is 0.400 e. The molecule has 0 bridgehead atoms. The zero-order valence-corrected chi connectivity index (χ0v) is 24.6. The van der Waals surface area contributed by atoms with E-state index in [0.717, 1.165) is 19.3 Å². The minimum absolute atomic E-state index is 0.00618. The molecule has 0 saturated carbocycles. The summed E-state index contributed by atoms with van der Waals surface area (Å²) in [6.45, 7) is 10.4. The maximum Gasteiger partial charge on any atom is 0.255 e. The molecule has 0 unspecified atom stereocenters. The summed E-state index contributed by atoms with van der Waals surface area (Å²) in [5, 5.41) is 5.60. The van der Waals surface area contributed by atoms with Crippen LogP contribution in [-0.4, -0.2) is 35.7 Å². The normalized spacial score (nSPS) is 17.4. The Bertz CT molecular complexity index is 1120. The van der Waals surface area contributed by atoms with Crippen molar-refractivity contribution in [3.8, 4) is 0 Å². The predicted octanol–water partition coefficient (Wildman–Crippen LogP) is 5.93. The minimum Gasteiger partial charge on any atom is -0.400 e. The molecule has 8 heteroatoms. The number of nitrogens with zero attached hydrogens (tertiary/aromatic N) is 1. The summed E-state index contributed by atoms with van der Waals surface area (Å²) in [7, 11) is 0. The van der Waals surface area contributed by atoms with Gasteiger partial charge in [-0.25, -0.2) is 4.39 Å². The van der Waals surface area contributed by atoms with Crippen LogP contribution in [0.5, 0.6) is 0 Å². The van der Waals surface area contributed by atoms with Crippen LogP contribution in [0, 0.1) is 0 Å². The number of amides is 3. The lowest BCUT2D eigenvalue weighted by Crippen LogP contribution is -2.37. The van der Waals surface area contributed by atoms with Crippen LogP contribution in [0.25, 0.3) is 0 Å². The number of nitrogens with one attached hydrogen (secondary N) is 2. The van der Waals surface area contributed by atoms with Crippen LogP contribution in [-0.2, 0) is 14.4 Å². The summed E-state index contributed by atoms with van der Waals surface area (Å²) in [6, 6.07) is 0. The quantitative estimate of drug-likeness (QED) is 0.256. The van der Waals surface area contributed by atoms with Crippen LogP contribution in [0.1, 0.15) is 73.1 Å². The second-order valence-corrected chi connectivity index (χ2v) is 9.26. The van der Waals surface area contributed by atoms with Gasteiger partial charge in [-0.15, -0.1) is 0 Å². The molecule has 0 spiro atoms. The van der Waals surface area contributed by atoms with Crippen LogP contribution >= 0.6 is 0 Å². The number of nitrogens with two attached hydrogens (primary N) is 1.